The van der Waals surface area contributed by atoms with E-state index in [1.165, 1.54) is 12.1 Å². The van der Waals surface area contributed by atoms with E-state index in [1.807, 2.05) is 24.3 Å². The first-order valence-electron chi connectivity index (χ1n) is 10.1. The molecule has 0 unspecified atom stereocenters. The lowest BCUT2D eigenvalue weighted by molar-refractivity contribution is 0.104. The first kappa shape index (κ1) is 17.2. The monoisotopic (exact) mass is 399 g/mol. The highest BCUT2D eigenvalue weighted by atomic mass is 19.1. The Balaban J connectivity index is 1.64. The van der Waals surface area contributed by atoms with Crippen LogP contribution in [0.15, 0.2) is 59.1 Å². The van der Waals surface area contributed by atoms with Crippen molar-refractivity contribution < 1.29 is 13.7 Å². The second-order valence-corrected chi connectivity index (χ2v) is 7.76. The van der Waals surface area contributed by atoms with Crippen LogP contribution in [-0.2, 0) is 0 Å². The summed E-state index contributed by atoms with van der Waals surface area (Å²) in [4.78, 5) is 15.8. The molecule has 2 heterocycles. The van der Waals surface area contributed by atoms with Gasteiger partial charge >= 0.3 is 0 Å². The van der Waals surface area contributed by atoms with Crippen LogP contribution in [0.1, 0.15) is 28.8 Å². The number of nitrogens with zero attached hydrogens (tertiary/aromatic N) is 2. The van der Waals surface area contributed by atoms with Gasteiger partial charge in [-0.2, -0.15) is 0 Å². The first-order chi connectivity index (χ1) is 14.7. The topological polar surface area (TPSA) is 58.4 Å². The zero-order valence-corrected chi connectivity index (χ0v) is 16.1. The molecule has 0 saturated carbocycles. The van der Waals surface area contributed by atoms with Gasteiger partial charge in [0.2, 0.25) is 0 Å². The molecule has 1 aliphatic heterocycles. The summed E-state index contributed by atoms with van der Waals surface area (Å²) in [6.45, 7) is 1.86. The third-order valence-electron chi connectivity index (χ3n) is 5.93. The predicted molar refractivity (Wildman–Crippen MR) is 114 cm³/mol. The van der Waals surface area contributed by atoms with Crippen molar-refractivity contribution >= 4 is 33.7 Å². The highest BCUT2D eigenvalue weighted by molar-refractivity contribution is 6.28. The van der Waals surface area contributed by atoms with Crippen LogP contribution in [0.2, 0.25) is 0 Å². The van der Waals surface area contributed by atoms with Gasteiger partial charge in [0.05, 0.1) is 22.3 Å². The molecule has 6 rings (SSSR count). The number of ketones is 1. The van der Waals surface area contributed by atoms with Crippen molar-refractivity contribution in [2.24, 2.45) is 0 Å². The van der Waals surface area contributed by atoms with Crippen molar-refractivity contribution in [2.75, 3.05) is 23.3 Å². The van der Waals surface area contributed by atoms with Crippen molar-refractivity contribution in [3.05, 3.63) is 71.5 Å². The minimum atomic E-state index is -0.336. The fourth-order valence-electron chi connectivity index (χ4n) is 4.56. The van der Waals surface area contributed by atoms with Gasteiger partial charge in [-0.15, -0.1) is 0 Å². The third kappa shape index (κ3) is 2.46. The third-order valence-corrected chi connectivity index (χ3v) is 5.93. The lowest BCUT2D eigenvalue weighted by Gasteiger charge is -2.23. The molecule has 1 saturated heterocycles. The van der Waals surface area contributed by atoms with Crippen LogP contribution < -0.4 is 10.2 Å². The predicted octanol–water partition coefficient (Wildman–Crippen LogP) is 5.52. The summed E-state index contributed by atoms with van der Waals surface area (Å²) < 4.78 is 19.6. The summed E-state index contributed by atoms with van der Waals surface area (Å²) in [7, 11) is 0. The SMILES string of the molecule is O=C1c2ccccc2-c2onc3c(N4CCCC4)cc(Nc4cccc(F)c4)c1c23. The minimum Gasteiger partial charge on any atom is -0.370 e. The summed E-state index contributed by atoms with van der Waals surface area (Å²) >= 11 is 0. The first-order valence-corrected chi connectivity index (χ1v) is 10.1. The average molecular weight is 399 g/mol. The molecule has 0 spiro atoms. The van der Waals surface area contributed by atoms with Crippen molar-refractivity contribution in [3.63, 3.8) is 0 Å². The average Bonchev–Trinajstić information content (AvgIpc) is 3.43. The normalized spacial score (nSPS) is 15.0. The number of carbonyl (C=O) groups excluding carboxylic acids is 1. The lowest BCUT2D eigenvalue weighted by atomic mass is 9.86. The lowest BCUT2D eigenvalue weighted by Crippen LogP contribution is -2.19. The maximum atomic E-state index is 13.8. The van der Waals surface area contributed by atoms with Gasteiger partial charge in [-0.1, -0.05) is 35.5 Å². The van der Waals surface area contributed by atoms with E-state index in [4.69, 9.17) is 4.52 Å². The molecule has 1 aromatic heterocycles. The quantitative estimate of drug-likeness (QED) is 0.433. The number of rotatable bonds is 3. The number of anilines is 3. The van der Waals surface area contributed by atoms with Gasteiger partial charge in [0.1, 0.15) is 11.3 Å². The number of fused-ring (bicyclic) bond motifs is 2. The Labute approximate surface area is 172 Å². The summed E-state index contributed by atoms with van der Waals surface area (Å²) in [6.07, 6.45) is 2.23. The zero-order chi connectivity index (χ0) is 20.2. The van der Waals surface area contributed by atoms with Crippen molar-refractivity contribution in [1.29, 1.82) is 0 Å². The Morgan fingerprint density at radius 1 is 1.00 bits per heavy atom. The van der Waals surface area contributed by atoms with Crippen LogP contribution in [-0.4, -0.2) is 24.0 Å². The molecular weight excluding hydrogens is 381 g/mol. The smallest absolute Gasteiger partial charge is 0.196 e. The van der Waals surface area contributed by atoms with Gasteiger partial charge in [-0.05, 0) is 37.1 Å². The van der Waals surface area contributed by atoms with Crippen LogP contribution in [0.4, 0.5) is 21.5 Å². The van der Waals surface area contributed by atoms with Gasteiger partial charge in [-0.3, -0.25) is 4.79 Å². The molecule has 0 amide bonds. The molecule has 0 bridgehead atoms. The molecule has 1 fully saturated rings. The summed E-state index contributed by atoms with van der Waals surface area (Å²) in [5.74, 6) is 0.188. The molecular formula is C24H18FN3O2. The van der Waals surface area contributed by atoms with Crippen LogP contribution in [0.25, 0.3) is 22.2 Å². The molecule has 0 atom stereocenters. The Morgan fingerprint density at radius 2 is 1.80 bits per heavy atom. The van der Waals surface area contributed by atoms with Crippen molar-refractivity contribution in [3.8, 4) is 11.3 Å². The van der Waals surface area contributed by atoms with E-state index in [9.17, 15) is 9.18 Å². The number of nitrogens with one attached hydrogen (secondary N) is 1. The van der Waals surface area contributed by atoms with Crippen LogP contribution in [0.5, 0.6) is 0 Å². The maximum Gasteiger partial charge on any atom is 0.196 e. The van der Waals surface area contributed by atoms with E-state index in [1.54, 1.807) is 18.2 Å². The highest BCUT2D eigenvalue weighted by Gasteiger charge is 2.34. The number of hydrogen-bond acceptors (Lipinski definition) is 5. The molecule has 1 N–H and O–H groups in total. The molecule has 3 aromatic carbocycles. The number of carbonyl (C=O) groups is 1. The van der Waals surface area contributed by atoms with Gasteiger partial charge in [0.15, 0.2) is 11.5 Å². The largest absolute Gasteiger partial charge is 0.370 e. The van der Waals surface area contributed by atoms with E-state index in [-0.39, 0.29) is 11.6 Å². The Hall–Kier alpha value is -3.67. The Kier molecular flexibility index (Phi) is 3.68. The maximum absolute atomic E-state index is 13.8. The van der Waals surface area contributed by atoms with Gasteiger partial charge in [0, 0.05) is 29.9 Å². The summed E-state index contributed by atoms with van der Waals surface area (Å²) in [5.41, 5.74) is 4.72. The molecule has 4 aromatic rings. The molecule has 30 heavy (non-hydrogen) atoms. The Bertz CT molecular complexity index is 1320. The van der Waals surface area contributed by atoms with E-state index in [0.717, 1.165) is 42.6 Å². The molecule has 2 aliphatic rings. The fraction of sp³-hybridized carbons (Fsp3) is 0.167. The van der Waals surface area contributed by atoms with Gasteiger partial charge in [0.25, 0.3) is 0 Å². The molecule has 6 heteroatoms. The zero-order valence-electron chi connectivity index (χ0n) is 16.1. The van der Waals surface area contributed by atoms with Crippen molar-refractivity contribution in [2.45, 2.75) is 12.8 Å². The second kappa shape index (κ2) is 6.42. The fourth-order valence-corrected chi connectivity index (χ4v) is 4.56. The van der Waals surface area contributed by atoms with Crippen LogP contribution in [0, 0.1) is 5.82 Å². The summed E-state index contributed by atoms with van der Waals surface area (Å²) in [6, 6.07) is 15.6. The van der Waals surface area contributed by atoms with Crippen molar-refractivity contribution in [1.82, 2.24) is 5.16 Å². The van der Waals surface area contributed by atoms with Gasteiger partial charge in [-0.25, -0.2) is 4.39 Å². The second-order valence-electron chi connectivity index (χ2n) is 7.76. The van der Waals surface area contributed by atoms with Gasteiger partial charge < -0.3 is 14.7 Å². The minimum absolute atomic E-state index is 0.0850. The molecule has 148 valence electrons. The molecule has 1 aliphatic carbocycles. The summed E-state index contributed by atoms with van der Waals surface area (Å²) in [5, 5.41) is 8.37. The van der Waals surface area contributed by atoms with E-state index < -0.39 is 0 Å². The van der Waals surface area contributed by atoms with Crippen LogP contribution in [0.3, 0.4) is 0 Å². The van der Waals surface area contributed by atoms with Crippen LogP contribution >= 0.6 is 0 Å². The number of hydrogen-bond donors (Lipinski definition) is 1. The molecule has 5 nitrogen and oxygen atoms in total. The van der Waals surface area contributed by atoms with E-state index in [0.29, 0.717) is 33.8 Å². The van der Waals surface area contributed by atoms with E-state index in [2.05, 4.69) is 15.4 Å². The van der Waals surface area contributed by atoms with E-state index >= 15 is 0 Å². The highest BCUT2D eigenvalue weighted by Crippen LogP contribution is 2.46. The number of halogens is 1. The molecule has 0 radical (unpaired) electrons. The number of aromatic nitrogens is 1. The number of benzene rings is 3. The standard InChI is InChI=1S/C24H18FN3O2/c25-14-6-5-7-15(12-14)26-18-13-19(28-10-3-4-11-28)22-21-20(18)23(29)16-8-1-2-9-17(16)24(21)30-27-22/h1-2,5-9,12-13,26H,3-4,10-11H2. The Morgan fingerprint density at radius 3 is 2.60 bits per heavy atom.